The first-order valence-corrected chi connectivity index (χ1v) is 10.6. The van der Waals surface area contributed by atoms with Crippen molar-refractivity contribution in [3.05, 3.63) is 58.8 Å². The van der Waals surface area contributed by atoms with Gasteiger partial charge in [0.1, 0.15) is 5.76 Å². The van der Waals surface area contributed by atoms with E-state index in [0.717, 1.165) is 18.0 Å². The minimum atomic E-state index is 0.0466. The highest BCUT2D eigenvalue weighted by molar-refractivity contribution is 7.13. The van der Waals surface area contributed by atoms with Crippen molar-refractivity contribution >= 4 is 22.9 Å². The Morgan fingerprint density at radius 3 is 2.75 bits per heavy atom. The van der Waals surface area contributed by atoms with Gasteiger partial charge < -0.3 is 14.2 Å². The molecule has 2 aromatic heterocycles. The summed E-state index contributed by atoms with van der Waals surface area (Å²) in [6.45, 7) is 4.66. The number of carbonyl (C=O) groups excluding carboxylic acids is 1. The van der Waals surface area contributed by atoms with Crippen molar-refractivity contribution in [1.82, 2.24) is 9.88 Å². The average Bonchev–Trinajstić information content (AvgIpc) is 3.45. The predicted octanol–water partition coefficient (Wildman–Crippen LogP) is 4.51. The van der Waals surface area contributed by atoms with Crippen molar-refractivity contribution in [2.75, 3.05) is 25.0 Å². The molecule has 0 spiro atoms. The average molecular weight is 396 g/mol. The van der Waals surface area contributed by atoms with Crippen molar-refractivity contribution in [1.29, 1.82) is 0 Å². The molecule has 0 N–H and O–H groups in total. The topological polar surface area (TPSA) is 49.6 Å². The number of likely N-dealkylation sites (N-methyl/N-ethyl adjacent to an activating group) is 1. The van der Waals surface area contributed by atoms with Gasteiger partial charge in [-0.2, -0.15) is 0 Å². The van der Waals surface area contributed by atoms with Crippen molar-refractivity contribution in [3.63, 3.8) is 0 Å². The van der Waals surface area contributed by atoms with Gasteiger partial charge in [-0.15, -0.1) is 11.3 Å². The summed E-state index contributed by atoms with van der Waals surface area (Å²) in [5.41, 5.74) is 3.15. The fourth-order valence-electron chi connectivity index (χ4n) is 3.63. The zero-order chi connectivity index (χ0) is 19.5. The molecule has 1 fully saturated rings. The molecule has 0 aliphatic carbocycles. The van der Waals surface area contributed by atoms with Gasteiger partial charge in [-0.3, -0.25) is 4.79 Å². The van der Waals surface area contributed by atoms with Gasteiger partial charge in [-0.25, -0.2) is 4.98 Å². The van der Waals surface area contributed by atoms with Crippen molar-refractivity contribution < 1.29 is 9.21 Å². The Labute approximate surface area is 169 Å². The molecule has 0 radical (unpaired) electrons. The number of carbonyl (C=O) groups is 1. The maximum absolute atomic E-state index is 12.8. The Morgan fingerprint density at radius 2 is 2.00 bits per heavy atom. The molecule has 1 aromatic carbocycles. The van der Waals surface area contributed by atoms with Crippen LogP contribution in [0.1, 0.15) is 29.9 Å². The van der Waals surface area contributed by atoms with Crippen LogP contribution in [0.5, 0.6) is 0 Å². The number of hydrogen-bond acceptors (Lipinski definition) is 5. The number of hydrogen-bond donors (Lipinski definition) is 0. The number of benzene rings is 1. The van der Waals surface area contributed by atoms with Crippen LogP contribution in [0.4, 0.5) is 5.69 Å². The van der Waals surface area contributed by atoms with Gasteiger partial charge in [0.2, 0.25) is 11.8 Å². The Balaban J connectivity index is 1.45. The van der Waals surface area contributed by atoms with Gasteiger partial charge in [0.15, 0.2) is 0 Å². The van der Waals surface area contributed by atoms with Crippen LogP contribution in [0, 0.1) is 6.92 Å². The molecule has 0 atom stereocenters. The number of oxazole rings is 1. The monoisotopic (exact) mass is 395 g/mol. The largest absolute Gasteiger partial charge is 0.440 e. The van der Waals surface area contributed by atoms with Crippen molar-refractivity contribution in [2.45, 2.75) is 32.7 Å². The zero-order valence-corrected chi connectivity index (χ0v) is 17.2. The van der Waals surface area contributed by atoms with Gasteiger partial charge in [-0.05, 0) is 42.8 Å². The van der Waals surface area contributed by atoms with E-state index >= 15 is 0 Å². The number of aromatic nitrogens is 1. The summed E-state index contributed by atoms with van der Waals surface area (Å²) in [6.07, 6.45) is 2.73. The lowest BCUT2D eigenvalue weighted by Gasteiger charge is -2.24. The van der Waals surface area contributed by atoms with E-state index in [1.54, 1.807) is 16.2 Å². The molecule has 3 aromatic rings. The fraction of sp³-hybridized carbons (Fsp3) is 0.364. The maximum Gasteiger partial charge on any atom is 0.236 e. The van der Waals surface area contributed by atoms with Gasteiger partial charge in [0.25, 0.3) is 0 Å². The zero-order valence-electron chi connectivity index (χ0n) is 16.4. The Morgan fingerprint density at radius 1 is 1.21 bits per heavy atom. The minimum absolute atomic E-state index is 0.0466. The second-order valence-corrected chi connectivity index (χ2v) is 8.20. The van der Waals surface area contributed by atoms with E-state index < -0.39 is 0 Å². The van der Waals surface area contributed by atoms with Gasteiger partial charge >= 0.3 is 0 Å². The first-order chi connectivity index (χ1) is 13.6. The van der Waals surface area contributed by atoms with E-state index in [1.807, 2.05) is 37.6 Å². The fourth-order valence-corrected chi connectivity index (χ4v) is 4.28. The third kappa shape index (κ3) is 3.97. The summed E-state index contributed by atoms with van der Waals surface area (Å²) in [7, 11) is 1.86. The van der Waals surface area contributed by atoms with E-state index in [0.29, 0.717) is 23.9 Å². The molecule has 0 unspecified atom stereocenters. The molecule has 1 amide bonds. The molecule has 146 valence electrons. The first-order valence-electron chi connectivity index (χ1n) is 9.69. The molecule has 0 bridgehead atoms. The second kappa shape index (κ2) is 8.19. The van der Waals surface area contributed by atoms with Crippen LogP contribution >= 0.6 is 11.3 Å². The third-order valence-electron chi connectivity index (χ3n) is 5.21. The number of rotatable bonds is 6. The molecular weight excluding hydrogens is 370 g/mol. The standard InChI is InChI=1S/C22H25N3O2S/c1-16-18(23-22(27-16)20-10-7-13-28-20)14-21(26)24(2)15-17-8-3-4-9-19(17)25-11-5-6-12-25/h3-4,7-10,13H,5-6,11-12,14-15H2,1-2H3. The van der Waals surface area contributed by atoms with E-state index in [9.17, 15) is 4.79 Å². The highest BCUT2D eigenvalue weighted by Gasteiger charge is 2.20. The number of anilines is 1. The lowest BCUT2D eigenvalue weighted by atomic mass is 10.1. The summed E-state index contributed by atoms with van der Waals surface area (Å²) in [5, 5.41) is 1.99. The predicted molar refractivity (Wildman–Crippen MR) is 113 cm³/mol. The highest BCUT2D eigenvalue weighted by atomic mass is 32.1. The third-order valence-corrected chi connectivity index (χ3v) is 6.07. The van der Waals surface area contributed by atoms with Crippen LogP contribution in [0.2, 0.25) is 0 Å². The summed E-state index contributed by atoms with van der Waals surface area (Å²) in [4.78, 5) is 22.6. The normalized spacial score (nSPS) is 13.9. The second-order valence-electron chi connectivity index (χ2n) is 7.25. The number of thiophene rings is 1. The summed E-state index contributed by atoms with van der Waals surface area (Å²) in [5.74, 6) is 1.35. The quantitative estimate of drug-likeness (QED) is 0.616. The summed E-state index contributed by atoms with van der Waals surface area (Å²) >= 11 is 1.58. The molecular formula is C22H25N3O2S. The SMILES string of the molecule is Cc1oc(-c2cccs2)nc1CC(=O)N(C)Cc1ccccc1N1CCCC1. The molecule has 3 heterocycles. The number of nitrogens with zero attached hydrogens (tertiary/aromatic N) is 3. The Bertz CT molecular complexity index is 943. The van der Waals surface area contributed by atoms with Crippen LogP contribution in [-0.4, -0.2) is 35.9 Å². The van der Waals surface area contributed by atoms with E-state index in [-0.39, 0.29) is 12.3 Å². The number of para-hydroxylation sites is 1. The summed E-state index contributed by atoms with van der Waals surface area (Å²) < 4.78 is 5.77. The highest BCUT2D eigenvalue weighted by Crippen LogP contribution is 2.27. The number of amides is 1. The van der Waals surface area contributed by atoms with Gasteiger partial charge in [0, 0.05) is 32.4 Å². The molecule has 1 saturated heterocycles. The minimum Gasteiger partial charge on any atom is -0.440 e. The van der Waals surface area contributed by atoms with Crippen molar-refractivity contribution in [2.24, 2.45) is 0 Å². The van der Waals surface area contributed by atoms with Crippen molar-refractivity contribution in [3.8, 4) is 10.8 Å². The van der Waals surface area contributed by atoms with Gasteiger partial charge in [0.05, 0.1) is 17.0 Å². The molecule has 1 aliphatic rings. The smallest absolute Gasteiger partial charge is 0.236 e. The lowest BCUT2D eigenvalue weighted by Crippen LogP contribution is -2.29. The first kappa shape index (κ1) is 18.7. The van der Waals surface area contributed by atoms with E-state index in [2.05, 4.69) is 28.1 Å². The lowest BCUT2D eigenvalue weighted by molar-refractivity contribution is -0.129. The Hall–Kier alpha value is -2.60. The van der Waals surface area contributed by atoms with Crippen LogP contribution in [0.25, 0.3) is 10.8 Å². The van der Waals surface area contributed by atoms with Crippen LogP contribution in [-0.2, 0) is 17.8 Å². The van der Waals surface area contributed by atoms with Crippen LogP contribution in [0.15, 0.2) is 46.2 Å². The van der Waals surface area contributed by atoms with Gasteiger partial charge in [-0.1, -0.05) is 24.3 Å². The van der Waals surface area contributed by atoms with E-state index in [4.69, 9.17) is 4.42 Å². The van der Waals surface area contributed by atoms with E-state index in [1.165, 1.54) is 24.1 Å². The number of aryl methyl sites for hydroxylation is 1. The molecule has 1 aliphatic heterocycles. The van der Waals surface area contributed by atoms with Crippen LogP contribution < -0.4 is 4.90 Å². The van der Waals surface area contributed by atoms with Crippen LogP contribution in [0.3, 0.4) is 0 Å². The maximum atomic E-state index is 12.8. The molecule has 4 rings (SSSR count). The summed E-state index contributed by atoms with van der Waals surface area (Å²) in [6, 6.07) is 12.3. The molecule has 5 nitrogen and oxygen atoms in total. The Kier molecular flexibility index (Phi) is 5.48. The molecule has 0 saturated carbocycles. The molecule has 28 heavy (non-hydrogen) atoms. The molecule has 6 heteroatoms.